The molecule has 0 aliphatic heterocycles. The van der Waals surface area contributed by atoms with Crippen molar-refractivity contribution in [3.8, 4) is 0 Å². The number of nitrogens with zero attached hydrogens (tertiary/aromatic N) is 1. The fraction of sp³-hybridized carbons (Fsp3) is 0.125. The molecule has 0 fully saturated rings. The van der Waals surface area contributed by atoms with Crippen LogP contribution in [0, 0.1) is 0 Å². The van der Waals surface area contributed by atoms with E-state index < -0.39 is 10.0 Å². The molecular weight excluding hydrogens is 408 g/mol. The number of aromatic amines is 1. The highest BCUT2D eigenvalue weighted by molar-refractivity contribution is 9.12. The van der Waals surface area contributed by atoms with E-state index >= 15 is 0 Å². The first-order chi connectivity index (χ1) is 8.40. The lowest BCUT2D eigenvalue weighted by molar-refractivity contribution is 0.581. The summed E-state index contributed by atoms with van der Waals surface area (Å²) >= 11 is 7.74. The average molecular weight is 416 g/mol. The zero-order chi connectivity index (χ0) is 13.3. The Bertz CT molecular complexity index is 664. The summed E-state index contributed by atoms with van der Waals surface area (Å²) in [4.78, 5) is 0.196. The number of hydrogen-bond acceptors (Lipinski definition) is 5. The van der Waals surface area contributed by atoms with E-state index in [0.29, 0.717) is 15.2 Å². The van der Waals surface area contributed by atoms with Crippen molar-refractivity contribution in [2.75, 3.05) is 5.73 Å². The van der Waals surface area contributed by atoms with Crippen LogP contribution in [0.4, 0.5) is 5.82 Å². The lowest BCUT2D eigenvalue weighted by Crippen LogP contribution is -2.23. The van der Waals surface area contributed by atoms with Gasteiger partial charge in [-0.2, -0.15) is 5.10 Å². The summed E-state index contributed by atoms with van der Waals surface area (Å²) in [6, 6.07) is 1.54. The third kappa shape index (κ3) is 2.94. The number of sulfonamides is 1. The van der Waals surface area contributed by atoms with Crippen LogP contribution in [-0.2, 0) is 16.6 Å². The lowest BCUT2D eigenvalue weighted by Gasteiger charge is -2.04. The van der Waals surface area contributed by atoms with E-state index in [9.17, 15) is 8.42 Å². The summed E-state index contributed by atoms with van der Waals surface area (Å²) in [5, 5.41) is 6.26. The molecule has 2 rings (SSSR count). The summed E-state index contributed by atoms with van der Waals surface area (Å²) in [5.41, 5.74) is 6.18. The van der Waals surface area contributed by atoms with Gasteiger partial charge in [-0.05, 0) is 37.9 Å². The first-order valence-electron chi connectivity index (χ1n) is 4.62. The molecule has 0 saturated heterocycles. The minimum Gasteiger partial charge on any atom is -0.384 e. The van der Waals surface area contributed by atoms with E-state index in [1.165, 1.54) is 23.6 Å². The molecule has 2 aromatic heterocycles. The highest BCUT2D eigenvalue weighted by atomic mass is 79.9. The molecule has 0 spiro atoms. The number of halogens is 2. The highest BCUT2D eigenvalue weighted by Gasteiger charge is 2.20. The van der Waals surface area contributed by atoms with E-state index in [0.717, 1.165) is 3.79 Å². The van der Waals surface area contributed by atoms with Crippen molar-refractivity contribution in [3.63, 3.8) is 0 Å². The van der Waals surface area contributed by atoms with Crippen LogP contribution in [0.3, 0.4) is 0 Å². The van der Waals surface area contributed by atoms with Gasteiger partial charge >= 0.3 is 0 Å². The van der Waals surface area contributed by atoms with Crippen LogP contribution in [0.5, 0.6) is 0 Å². The number of rotatable bonds is 4. The third-order valence-corrected chi connectivity index (χ3v) is 6.28. The molecule has 0 aliphatic carbocycles. The predicted molar refractivity (Wildman–Crippen MR) is 76.7 cm³/mol. The van der Waals surface area contributed by atoms with Crippen molar-refractivity contribution in [2.24, 2.45) is 0 Å². The summed E-state index contributed by atoms with van der Waals surface area (Å²) < 4.78 is 27.8. The van der Waals surface area contributed by atoms with Crippen molar-refractivity contribution < 1.29 is 8.42 Å². The van der Waals surface area contributed by atoms with Crippen LogP contribution in [0.2, 0.25) is 0 Å². The van der Waals surface area contributed by atoms with Gasteiger partial charge in [0, 0.05) is 12.1 Å². The third-order valence-electron chi connectivity index (χ3n) is 2.12. The Kier molecular flexibility index (Phi) is 4.11. The number of nitrogens with two attached hydrogens (primary N) is 1. The average Bonchev–Trinajstić information content (AvgIpc) is 2.82. The molecule has 6 nitrogen and oxygen atoms in total. The van der Waals surface area contributed by atoms with E-state index in [2.05, 4.69) is 46.8 Å². The standard InChI is InChI=1S/C8H8Br2N4O2S2/c9-6-1-5(7(10)17-6)18(15,16)13-3-4-2-12-14-8(4)11/h1-2,13H,3H2,(H3,11,12,14). The summed E-state index contributed by atoms with van der Waals surface area (Å²) in [6.07, 6.45) is 1.48. The van der Waals surface area contributed by atoms with Gasteiger partial charge in [0.05, 0.1) is 13.8 Å². The van der Waals surface area contributed by atoms with Crippen molar-refractivity contribution in [2.45, 2.75) is 11.4 Å². The second-order valence-electron chi connectivity index (χ2n) is 3.32. The molecule has 2 aromatic rings. The Morgan fingerprint density at radius 3 is 2.72 bits per heavy atom. The zero-order valence-electron chi connectivity index (χ0n) is 8.78. The van der Waals surface area contributed by atoms with Gasteiger partial charge in [0.15, 0.2) is 0 Å². The van der Waals surface area contributed by atoms with Gasteiger partial charge in [0.1, 0.15) is 10.7 Å². The van der Waals surface area contributed by atoms with E-state index in [4.69, 9.17) is 5.73 Å². The Morgan fingerprint density at radius 1 is 1.50 bits per heavy atom. The molecule has 0 amide bonds. The van der Waals surface area contributed by atoms with Gasteiger partial charge in [-0.3, -0.25) is 5.10 Å². The molecular formula is C8H8Br2N4O2S2. The van der Waals surface area contributed by atoms with Crippen LogP contribution in [0.25, 0.3) is 0 Å². The normalized spacial score (nSPS) is 11.9. The van der Waals surface area contributed by atoms with Gasteiger partial charge in [-0.25, -0.2) is 13.1 Å². The summed E-state index contributed by atoms with van der Waals surface area (Å²) in [5.74, 6) is 0.350. The van der Waals surface area contributed by atoms with Crippen LogP contribution < -0.4 is 10.5 Å². The fourth-order valence-electron chi connectivity index (χ4n) is 1.22. The first-order valence-corrected chi connectivity index (χ1v) is 8.51. The Labute approximate surface area is 124 Å². The molecule has 2 heterocycles. The molecule has 0 bridgehead atoms. The maximum atomic E-state index is 12.0. The number of thiophene rings is 1. The molecule has 0 atom stereocenters. The van der Waals surface area contributed by atoms with E-state index in [1.807, 2.05) is 0 Å². The number of H-pyrrole nitrogens is 1. The predicted octanol–water partition coefficient (Wildman–Crippen LogP) is 2.06. The zero-order valence-corrected chi connectivity index (χ0v) is 13.6. The topological polar surface area (TPSA) is 101 Å². The van der Waals surface area contributed by atoms with Crippen LogP contribution in [0.15, 0.2) is 24.7 Å². The number of nitrogens with one attached hydrogen (secondary N) is 2. The molecule has 18 heavy (non-hydrogen) atoms. The molecule has 10 heteroatoms. The Morgan fingerprint density at radius 2 is 2.22 bits per heavy atom. The Hall–Kier alpha value is -0.420. The number of anilines is 1. The Balaban J connectivity index is 2.18. The molecule has 0 aromatic carbocycles. The van der Waals surface area contributed by atoms with Crippen LogP contribution in [-0.4, -0.2) is 18.6 Å². The van der Waals surface area contributed by atoms with E-state index in [-0.39, 0.29) is 11.4 Å². The second-order valence-corrected chi connectivity index (χ2v) is 8.81. The lowest BCUT2D eigenvalue weighted by atomic mass is 10.3. The number of hydrogen-bond donors (Lipinski definition) is 3. The molecule has 98 valence electrons. The van der Waals surface area contributed by atoms with Gasteiger partial charge in [-0.15, -0.1) is 11.3 Å². The number of nitrogen functional groups attached to an aromatic ring is 1. The SMILES string of the molecule is Nc1[nH]ncc1CNS(=O)(=O)c1cc(Br)sc1Br. The maximum Gasteiger partial charge on any atom is 0.242 e. The van der Waals surface area contributed by atoms with Gasteiger partial charge in [-0.1, -0.05) is 0 Å². The monoisotopic (exact) mass is 414 g/mol. The smallest absolute Gasteiger partial charge is 0.242 e. The number of aromatic nitrogens is 2. The fourth-order valence-corrected chi connectivity index (χ4v) is 6.04. The second kappa shape index (κ2) is 5.29. The van der Waals surface area contributed by atoms with Gasteiger partial charge in [0.2, 0.25) is 10.0 Å². The molecule has 0 unspecified atom stereocenters. The summed E-state index contributed by atoms with van der Waals surface area (Å²) in [7, 11) is -3.58. The summed E-state index contributed by atoms with van der Waals surface area (Å²) in [6.45, 7) is 0.0879. The quantitative estimate of drug-likeness (QED) is 0.711. The van der Waals surface area contributed by atoms with Crippen molar-refractivity contribution in [1.29, 1.82) is 0 Å². The molecule has 0 saturated carbocycles. The molecule has 0 radical (unpaired) electrons. The van der Waals surface area contributed by atoms with Gasteiger partial charge in [0.25, 0.3) is 0 Å². The van der Waals surface area contributed by atoms with Gasteiger partial charge < -0.3 is 5.73 Å². The minimum absolute atomic E-state index is 0.0879. The van der Waals surface area contributed by atoms with Crippen molar-refractivity contribution >= 4 is 59.0 Å². The first kappa shape index (κ1) is 14.0. The van der Waals surface area contributed by atoms with E-state index in [1.54, 1.807) is 0 Å². The van der Waals surface area contributed by atoms with Crippen LogP contribution in [0.1, 0.15) is 5.56 Å². The minimum atomic E-state index is -3.58. The van der Waals surface area contributed by atoms with Crippen molar-refractivity contribution in [1.82, 2.24) is 14.9 Å². The largest absolute Gasteiger partial charge is 0.384 e. The maximum absolute atomic E-state index is 12.0. The molecule has 4 N–H and O–H groups in total. The highest BCUT2D eigenvalue weighted by Crippen LogP contribution is 2.34. The molecule has 0 aliphatic rings. The van der Waals surface area contributed by atoms with Crippen molar-refractivity contribution in [3.05, 3.63) is 25.4 Å². The van der Waals surface area contributed by atoms with Crippen LogP contribution >= 0.6 is 43.2 Å².